The number of methoxy groups -OCH3 is 1. The predicted octanol–water partition coefficient (Wildman–Crippen LogP) is 4.81. The van der Waals surface area contributed by atoms with Crippen molar-refractivity contribution in [3.05, 3.63) is 18.2 Å². The summed E-state index contributed by atoms with van der Waals surface area (Å²) in [6.45, 7) is 0. The molecule has 1 aromatic rings. The van der Waals surface area contributed by atoms with E-state index in [1.165, 1.54) is 32.8 Å². The maximum atomic E-state index is 14.6. The van der Waals surface area contributed by atoms with Crippen molar-refractivity contribution in [3.63, 3.8) is 0 Å². The number of benzene rings is 1. The molecule has 1 saturated carbocycles. The number of hydrogen-bond donors (Lipinski definition) is 2. The van der Waals surface area contributed by atoms with E-state index in [2.05, 4.69) is 10.6 Å². The van der Waals surface area contributed by atoms with Crippen molar-refractivity contribution in [1.29, 1.82) is 0 Å². The molecule has 1 atom stereocenters. The summed E-state index contributed by atoms with van der Waals surface area (Å²) in [5.74, 6) is -2.48. The Balaban J connectivity index is 1.56. The highest BCUT2D eigenvalue weighted by Gasteiger charge is 2.46. The van der Waals surface area contributed by atoms with Crippen LogP contribution in [0.15, 0.2) is 18.2 Å². The van der Waals surface area contributed by atoms with Crippen LogP contribution in [0.25, 0.3) is 0 Å². The number of carbonyl (C=O) groups is 1. The van der Waals surface area contributed by atoms with E-state index in [9.17, 15) is 13.6 Å². The van der Waals surface area contributed by atoms with Crippen LogP contribution in [0.5, 0.6) is 5.75 Å². The number of rotatable bonds is 7. The highest BCUT2D eigenvalue weighted by molar-refractivity contribution is 6.03. The summed E-state index contributed by atoms with van der Waals surface area (Å²) < 4.78 is 34.2. The molecule has 0 saturated heterocycles. The van der Waals surface area contributed by atoms with Crippen LogP contribution in [0.3, 0.4) is 0 Å². The SMILES string of the molecule is COc1ccc2c(c1)NC(=O)C(C(F)(F)CCCCC1CCCC1)N2. The van der Waals surface area contributed by atoms with Crippen LogP contribution < -0.4 is 15.4 Å². The average Bonchev–Trinajstić information content (AvgIpc) is 3.11. The number of unbranched alkanes of at least 4 members (excludes halogenated alkanes) is 1. The van der Waals surface area contributed by atoms with Crippen LogP contribution in [0.4, 0.5) is 20.2 Å². The van der Waals surface area contributed by atoms with Crippen LogP contribution in [-0.4, -0.2) is 25.0 Å². The van der Waals surface area contributed by atoms with Crippen molar-refractivity contribution in [2.24, 2.45) is 5.92 Å². The number of anilines is 2. The van der Waals surface area contributed by atoms with Gasteiger partial charge in [0.2, 0.25) is 0 Å². The van der Waals surface area contributed by atoms with Crippen molar-refractivity contribution in [1.82, 2.24) is 0 Å². The molecular weight excluding hydrogens is 326 g/mol. The van der Waals surface area contributed by atoms with Crippen molar-refractivity contribution < 1.29 is 18.3 Å². The molecule has 1 aliphatic heterocycles. The van der Waals surface area contributed by atoms with E-state index in [1.807, 2.05) is 0 Å². The van der Waals surface area contributed by atoms with Crippen molar-refractivity contribution in [2.45, 2.75) is 63.3 Å². The topological polar surface area (TPSA) is 50.4 Å². The summed E-state index contributed by atoms with van der Waals surface area (Å²) in [4.78, 5) is 12.2. The highest BCUT2D eigenvalue weighted by atomic mass is 19.3. The first-order chi connectivity index (χ1) is 12.0. The van der Waals surface area contributed by atoms with Gasteiger partial charge in [0.05, 0.1) is 18.5 Å². The summed E-state index contributed by atoms with van der Waals surface area (Å²) >= 11 is 0. The second-order valence-electron chi connectivity index (χ2n) is 7.14. The van der Waals surface area contributed by atoms with Gasteiger partial charge in [0.1, 0.15) is 5.75 Å². The second kappa shape index (κ2) is 7.58. The van der Waals surface area contributed by atoms with Crippen LogP contribution >= 0.6 is 0 Å². The van der Waals surface area contributed by atoms with Gasteiger partial charge < -0.3 is 15.4 Å². The lowest BCUT2D eigenvalue weighted by molar-refractivity contribution is -0.126. The van der Waals surface area contributed by atoms with Gasteiger partial charge in [0.25, 0.3) is 11.8 Å². The number of hydrogen-bond acceptors (Lipinski definition) is 3. The monoisotopic (exact) mass is 352 g/mol. The molecule has 138 valence electrons. The molecule has 2 N–H and O–H groups in total. The molecule has 0 spiro atoms. The number of amides is 1. The summed E-state index contributed by atoms with van der Waals surface area (Å²) in [5, 5.41) is 5.27. The Morgan fingerprint density at radius 1 is 1.20 bits per heavy atom. The van der Waals surface area contributed by atoms with Gasteiger partial charge in [0.15, 0.2) is 6.04 Å². The van der Waals surface area contributed by atoms with Gasteiger partial charge in [-0.05, 0) is 24.5 Å². The molecule has 3 rings (SSSR count). The van der Waals surface area contributed by atoms with Gasteiger partial charge in [-0.1, -0.05) is 38.5 Å². The number of halogens is 2. The van der Waals surface area contributed by atoms with Crippen LogP contribution in [0.2, 0.25) is 0 Å². The minimum atomic E-state index is -3.07. The largest absolute Gasteiger partial charge is 0.497 e. The zero-order valence-corrected chi connectivity index (χ0v) is 14.6. The Bertz CT molecular complexity index is 615. The molecular formula is C19H26F2N2O2. The standard InChI is InChI=1S/C19H26F2N2O2/c1-25-14-9-10-15-16(12-14)23-18(24)17(22-15)19(20,21)11-5-4-8-13-6-2-3-7-13/h9-10,12-13,17,22H,2-8,11H2,1H3,(H,23,24). The summed E-state index contributed by atoms with van der Waals surface area (Å²) in [6.07, 6.45) is 7.05. The molecule has 1 amide bonds. The average molecular weight is 352 g/mol. The smallest absolute Gasteiger partial charge is 0.276 e. The fraction of sp³-hybridized carbons (Fsp3) is 0.632. The lowest BCUT2D eigenvalue weighted by Gasteiger charge is -2.32. The summed E-state index contributed by atoms with van der Waals surface area (Å²) in [7, 11) is 1.52. The van der Waals surface area contributed by atoms with E-state index in [1.54, 1.807) is 18.2 Å². The third-order valence-electron chi connectivity index (χ3n) is 5.32. The van der Waals surface area contributed by atoms with Gasteiger partial charge in [-0.2, -0.15) is 0 Å². The van der Waals surface area contributed by atoms with E-state index >= 15 is 0 Å². The molecule has 4 nitrogen and oxygen atoms in total. The summed E-state index contributed by atoms with van der Waals surface area (Å²) in [5.41, 5.74) is 0.966. The first-order valence-electron chi connectivity index (χ1n) is 9.13. The molecule has 0 aromatic heterocycles. The Hall–Kier alpha value is -1.85. The zero-order valence-electron chi connectivity index (χ0n) is 14.6. The fourth-order valence-corrected chi connectivity index (χ4v) is 3.84. The number of alkyl halides is 2. The van der Waals surface area contributed by atoms with Gasteiger partial charge in [-0.25, -0.2) is 8.78 Å². The fourth-order valence-electron chi connectivity index (χ4n) is 3.84. The Morgan fingerprint density at radius 2 is 1.96 bits per heavy atom. The molecule has 1 unspecified atom stereocenters. The van der Waals surface area contributed by atoms with Gasteiger partial charge in [0, 0.05) is 12.5 Å². The molecule has 6 heteroatoms. The molecule has 1 fully saturated rings. The second-order valence-corrected chi connectivity index (χ2v) is 7.14. The first kappa shape index (κ1) is 18.0. The zero-order chi connectivity index (χ0) is 17.9. The minimum absolute atomic E-state index is 0.268. The lowest BCUT2D eigenvalue weighted by atomic mass is 9.96. The lowest BCUT2D eigenvalue weighted by Crippen LogP contribution is -2.51. The molecule has 25 heavy (non-hydrogen) atoms. The number of carbonyl (C=O) groups excluding carboxylic acids is 1. The number of fused-ring (bicyclic) bond motifs is 1. The van der Waals surface area contributed by atoms with E-state index in [0.29, 0.717) is 29.5 Å². The molecule has 1 heterocycles. The Labute approximate surface area is 147 Å². The van der Waals surface area contributed by atoms with E-state index in [4.69, 9.17) is 4.74 Å². The van der Waals surface area contributed by atoms with Crippen molar-refractivity contribution in [3.8, 4) is 5.75 Å². The van der Waals surface area contributed by atoms with E-state index < -0.39 is 17.9 Å². The van der Waals surface area contributed by atoms with Gasteiger partial charge >= 0.3 is 0 Å². The first-order valence-corrected chi connectivity index (χ1v) is 9.13. The molecule has 0 bridgehead atoms. The molecule has 1 aromatic carbocycles. The maximum absolute atomic E-state index is 14.6. The predicted molar refractivity (Wildman–Crippen MR) is 94.4 cm³/mol. The van der Waals surface area contributed by atoms with Crippen molar-refractivity contribution >= 4 is 17.3 Å². The third-order valence-corrected chi connectivity index (χ3v) is 5.32. The Morgan fingerprint density at radius 3 is 2.68 bits per heavy atom. The van der Waals surface area contributed by atoms with E-state index in [-0.39, 0.29) is 6.42 Å². The molecule has 1 aliphatic carbocycles. The van der Waals surface area contributed by atoms with Crippen LogP contribution in [-0.2, 0) is 4.79 Å². The Kier molecular flexibility index (Phi) is 5.45. The number of nitrogens with one attached hydrogen (secondary N) is 2. The normalized spacial score (nSPS) is 20.8. The van der Waals surface area contributed by atoms with Crippen LogP contribution in [0.1, 0.15) is 51.4 Å². The highest BCUT2D eigenvalue weighted by Crippen LogP contribution is 2.37. The molecule has 0 radical (unpaired) electrons. The van der Waals surface area contributed by atoms with Crippen molar-refractivity contribution in [2.75, 3.05) is 17.7 Å². The maximum Gasteiger partial charge on any atom is 0.276 e. The quantitative estimate of drug-likeness (QED) is 0.692. The third kappa shape index (κ3) is 4.22. The minimum Gasteiger partial charge on any atom is -0.497 e. The van der Waals surface area contributed by atoms with Gasteiger partial charge in [-0.15, -0.1) is 0 Å². The van der Waals surface area contributed by atoms with Gasteiger partial charge in [-0.3, -0.25) is 4.79 Å². The van der Waals surface area contributed by atoms with E-state index in [0.717, 1.165) is 12.8 Å². The summed E-state index contributed by atoms with van der Waals surface area (Å²) in [6, 6.07) is 3.42. The molecule has 2 aliphatic rings. The van der Waals surface area contributed by atoms with Crippen LogP contribution in [0, 0.1) is 5.92 Å². The number of ether oxygens (including phenoxy) is 1.